The zero-order chi connectivity index (χ0) is 17.4. The number of amides is 1. The van der Waals surface area contributed by atoms with Crippen molar-refractivity contribution >= 4 is 56.5 Å². The number of ether oxygens (including phenoxy) is 1. The Morgan fingerprint density at radius 2 is 1.96 bits per heavy atom. The molecule has 24 heavy (non-hydrogen) atoms. The van der Waals surface area contributed by atoms with Crippen molar-refractivity contribution in [1.82, 2.24) is 5.32 Å². The minimum atomic E-state index is -0.151. The lowest BCUT2D eigenvalue weighted by molar-refractivity contribution is -0.119. The topological polar surface area (TPSA) is 50.4 Å². The molecule has 4 nitrogen and oxygen atoms in total. The van der Waals surface area contributed by atoms with Crippen molar-refractivity contribution in [2.24, 2.45) is 0 Å². The maximum atomic E-state index is 11.8. The molecule has 2 aromatic rings. The van der Waals surface area contributed by atoms with Crippen LogP contribution in [0.15, 0.2) is 53.0 Å². The first kappa shape index (κ1) is 18.7. The van der Waals surface area contributed by atoms with Gasteiger partial charge < -0.3 is 15.4 Å². The van der Waals surface area contributed by atoms with Gasteiger partial charge in [0.2, 0.25) is 5.91 Å². The fourth-order valence-electron chi connectivity index (χ4n) is 1.87. The molecule has 0 radical (unpaired) electrons. The quantitative estimate of drug-likeness (QED) is 0.515. The monoisotopic (exact) mass is 426 g/mol. The molecule has 0 saturated carbocycles. The van der Waals surface area contributed by atoms with Gasteiger partial charge in [-0.3, -0.25) is 4.79 Å². The Balaban J connectivity index is 1.65. The van der Waals surface area contributed by atoms with Crippen molar-refractivity contribution in [2.45, 2.75) is 12.8 Å². The Kier molecular flexibility index (Phi) is 7.49. The Morgan fingerprint density at radius 1 is 1.21 bits per heavy atom. The molecule has 7 heteroatoms. The lowest BCUT2D eigenvalue weighted by Crippen LogP contribution is -2.34. The lowest BCUT2D eigenvalue weighted by Gasteiger charge is -2.10. The molecule has 2 aromatic carbocycles. The van der Waals surface area contributed by atoms with Gasteiger partial charge in [-0.05, 0) is 61.1 Å². The normalized spacial score (nSPS) is 10.1. The summed E-state index contributed by atoms with van der Waals surface area (Å²) < 4.78 is 6.46. The van der Waals surface area contributed by atoms with Crippen molar-refractivity contribution in [1.29, 1.82) is 0 Å². The van der Waals surface area contributed by atoms with Crippen LogP contribution in [0.1, 0.15) is 12.8 Å². The molecule has 0 fully saturated rings. The van der Waals surface area contributed by atoms with E-state index in [1.165, 1.54) is 0 Å². The van der Waals surface area contributed by atoms with E-state index in [0.29, 0.717) is 24.5 Å². The molecular weight excluding hydrogens is 412 g/mol. The van der Waals surface area contributed by atoms with Gasteiger partial charge in [0.05, 0.1) is 6.61 Å². The fourth-order valence-corrected chi connectivity index (χ4v) is 2.63. The standard InChI is InChI=1S/C17H16BrClN2O2S/c18-12-3-1-4-14(11-12)20-17(24)21-16(22)5-2-10-23-15-8-6-13(19)7-9-15/h1,3-4,6-9,11H,2,5,10H2,(H2,20,21,22,24). The first-order chi connectivity index (χ1) is 11.5. The average molecular weight is 428 g/mol. The maximum Gasteiger partial charge on any atom is 0.226 e. The van der Waals surface area contributed by atoms with E-state index in [0.717, 1.165) is 15.9 Å². The number of rotatable bonds is 6. The van der Waals surface area contributed by atoms with Crippen LogP contribution in [0.2, 0.25) is 5.02 Å². The summed E-state index contributed by atoms with van der Waals surface area (Å²) in [4.78, 5) is 11.8. The van der Waals surface area contributed by atoms with Crippen LogP contribution < -0.4 is 15.4 Å². The lowest BCUT2D eigenvalue weighted by atomic mass is 10.3. The van der Waals surface area contributed by atoms with Crippen LogP contribution in [0.25, 0.3) is 0 Å². The van der Waals surface area contributed by atoms with E-state index >= 15 is 0 Å². The summed E-state index contributed by atoms with van der Waals surface area (Å²) in [6, 6.07) is 14.6. The molecule has 0 unspecified atom stereocenters. The van der Waals surface area contributed by atoms with Crippen LogP contribution in [0.3, 0.4) is 0 Å². The van der Waals surface area contributed by atoms with E-state index in [1.807, 2.05) is 24.3 Å². The van der Waals surface area contributed by atoms with Crippen molar-refractivity contribution < 1.29 is 9.53 Å². The van der Waals surface area contributed by atoms with Gasteiger partial charge in [0.25, 0.3) is 0 Å². The summed E-state index contributed by atoms with van der Waals surface area (Å²) in [5.41, 5.74) is 0.806. The third-order valence-corrected chi connectivity index (χ3v) is 3.92. The number of anilines is 1. The number of carbonyl (C=O) groups excluding carboxylic acids is 1. The smallest absolute Gasteiger partial charge is 0.226 e. The maximum absolute atomic E-state index is 11.8. The predicted octanol–water partition coefficient (Wildman–Crippen LogP) is 4.77. The molecule has 2 N–H and O–H groups in total. The van der Waals surface area contributed by atoms with Gasteiger partial charge in [0.15, 0.2) is 5.11 Å². The number of hydrogen-bond donors (Lipinski definition) is 2. The fraction of sp³-hybridized carbons (Fsp3) is 0.176. The molecule has 2 rings (SSSR count). The summed E-state index contributed by atoms with van der Waals surface area (Å²) in [6.07, 6.45) is 0.919. The molecule has 0 heterocycles. The molecule has 126 valence electrons. The summed E-state index contributed by atoms with van der Waals surface area (Å²) in [5, 5.41) is 6.54. The van der Waals surface area contributed by atoms with Crippen LogP contribution in [0.5, 0.6) is 5.75 Å². The summed E-state index contributed by atoms with van der Waals surface area (Å²) >= 11 is 14.3. The first-order valence-corrected chi connectivity index (χ1v) is 8.85. The third-order valence-electron chi connectivity index (χ3n) is 2.97. The van der Waals surface area contributed by atoms with E-state index in [4.69, 9.17) is 28.6 Å². The Labute approximate surface area is 159 Å². The first-order valence-electron chi connectivity index (χ1n) is 7.28. The van der Waals surface area contributed by atoms with Crippen LogP contribution in [-0.2, 0) is 4.79 Å². The van der Waals surface area contributed by atoms with E-state index in [-0.39, 0.29) is 11.0 Å². The Hall–Kier alpha value is -1.63. The van der Waals surface area contributed by atoms with Gasteiger partial charge in [0, 0.05) is 21.6 Å². The minimum Gasteiger partial charge on any atom is -0.494 e. The number of nitrogens with one attached hydrogen (secondary N) is 2. The highest BCUT2D eigenvalue weighted by Gasteiger charge is 2.05. The van der Waals surface area contributed by atoms with Gasteiger partial charge in [-0.15, -0.1) is 0 Å². The van der Waals surface area contributed by atoms with Crippen molar-refractivity contribution in [3.05, 3.63) is 58.0 Å². The molecule has 0 aliphatic heterocycles. The second-order valence-corrected chi connectivity index (χ2v) is 6.68. The average Bonchev–Trinajstić information content (AvgIpc) is 2.53. The van der Waals surface area contributed by atoms with Crippen molar-refractivity contribution in [3.8, 4) is 5.75 Å². The highest BCUT2D eigenvalue weighted by Crippen LogP contribution is 2.16. The van der Waals surface area contributed by atoms with Gasteiger partial charge in [-0.25, -0.2) is 0 Å². The van der Waals surface area contributed by atoms with Crippen LogP contribution in [-0.4, -0.2) is 17.6 Å². The van der Waals surface area contributed by atoms with Crippen LogP contribution >= 0.6 is 39.7 Å². The van der Waals surface area contributed by atoms with Gasteiger partial charge in [0.1, 0.15) is 5.75 Å². The van der Waals surface area contributed by atoms with E-state index in [1.54, 1.807) is 24.3 Å². The Morgan fingerprint density at radius 3 is 2.67 bits per heavy atom. The number of carbonyl (C=O) groups is 1. The SMILES string of the molecule is O=C(CCCOc1ccc(Cl)cc1)NC(=S)Nc1cccc(Br)c1. The molecule has 0 aliphatic rings. The van der Waals surface area contributed by atoms with Crippen molar-refractivity contribution in [2.75, 3.05) is 11.9 Å². The van der Waals surface area contributed by atoms with Crippen molar-refractivity contribution in [3.63, 3.8) is 0 Å². The predicted molar refractivity (Wildman–Crippen MR) is 105 cm³/mol. The summed E-state index contributed by atoms with van der Waals surface area (Å²) in [5.74, 6) is 0.578. The highest BCUT2D eigenvalue weighted by atomic mass is 79.9. The van der Waals surface area contributed by atoms with Crippen LogP contribution in [0, 0.1) is 0 Å². The van der Waals surface area contributed by atoms with E-state index in [9.17, 15) is 4.79 Å². The number of halogens is 2. The second-order valence-electron chi connectivity index (χ2n) is 4.92. The summed E-state index contributed by atoms with van der Waals surface area (Å²) in [6.45, 7) is 0.445. The van der Waals surface area contributed by atoms with E-state index < -0.39 is 0 Å². The second kappa shape index (κ2) is 9.61. The molecule has 1 amide bonds. The largest absolute Gasteiger partial charge is 0.494 e. The number of hydrogen-bond acceptors (Lipinski definition) is 3. The van der Waals surface area contributed by atoms with Gasteiger partial charge in [-0.1, -0.05) is 33.6 Å². The van der Waals surface area contributed by atoms with Gasteiger partial charge >= 0.3 is 0 Å². The third kappa shape index (κ3) is 6.86. The van der Waals surface area contributed by atoms with Crippen LogP contribution in [0.4, 0.5) is 5.69 Å². The molecule has 0 aliphatic carbocycles. The zero-order valence-electron chi connectivity index (χ0n) is 12.7. The molecule has 0 spiro atoms. The zero-order valence-corrected chi connectivity index (χ0v) is 15.9. The summed E-state index contributed by atoms with van der Waals surface area (Å²) in [7, 11) is 0. The Bertz CT molecular complexity index is 710. The van der Waals surface area contributed by atoms with E-state index in [2.05, 4.69) is 26.6 Å². The molecule has 0 atom stereocenters. The molecular formula is C17H16BrClN2O2S. The molecule has 0 bridgehead atoms. The number of benzene rings is 2. The minimum absolute atomic E-state index is 0.151. The van der Waals surface area contributed by atoms with Gasteiger partial charge in [-0.2, -0.15) is 0 Å². The highest BCUT2D eigenvalue weighted by molar-refractivity contribution is 9.10. The molecule has 0 aromatic heterocycles. The number of thiocarbonyl (C=S) groups is 1. The molecule has 0 saturated heterocycles.